The summed E-state index contributed by atoms with van der Waals surface area (Å²) in [4.78, 5) is 3.49. The van der Waals surface area contributed by atoms with Crippen molar-refractivity contribution in [3.8, 4) is 0 Å². The molecule has 1 atom stereocenters. The van der Waals surface area contributed by atoms with Gasteiger partial charge in [-0.3, -0.25) is 0 Å². The van der Waals surface area contributed by atoms with E-state index in [0.29, 0.717) is 0 Å². The highest BCUT2D eigenvalue weighted by atomic mass is 35.5. The second-order valence-electron chi connectivity index (χ2n) is 5.70. The highest BCUT2D eigenvalue weighted by Gasteiger charge is 2.13. The molecule has 0 fully saturated rings. The molecule has 0 radical (unpaired) electrons. The van der Waals surface area contributed by atoms with Crippen LogP contribution in [0.2, 0.25) is 0 Å². The minimum Gasteiger partial charge on any atom is -0.358 e. The van der Waals surface area contributed by atoms with E-state index in [9.17, 15) is 0 Å². The molecular formula is C19H26ClN3. The number of likely N-dealkylation sites (N-methyl/N-ethyl adjacent to an activating group) is 1. The number of aromatic amines is 1. The number of aryl methyl sites for hydroxylation is 1. The molecule has 2 aromatic rings. The third kappa shape index (κ3) is 4.18. The second-order valence-corrected chi connectivity index (χ2v) is 6.35. The van der Waals surface area contributed by atoms with E-state index in [1.807, 2.05) is 39.1 Å². The SMILES string of the molecule is C/C=C\C=C(\Nc1cccc2[nH]c(C)c(CCNC)c12)C(C)Cl. The van der Waals surface area contributed by atoms with Crippen molar-refractivity contribution in [1.82, 2.24) is 10.3 Å². The Balaban J connectivity index is 2.47. The summed E-state index contributed by atoms with van der Waals surface area (Å²) in [5, 5.41) is 7.92. The lowest BCUT2D eigenvalue weighted by Crippen LogP contribution is -2.11. The van der Waals surface area contributed by atoms with Crippen LogP contribution in [0.15, 0.2) is 42.1 Å². The quantitative estimate of drug-likeness (QED) is 0.506. The van der Waals surface area contributed by atoms with Crippen LogP contribution in [0.1, 0.15) is 25.1 Å². The second kappa shape index (κ2) is 8.23. The first-order valence-corrected chi connectivity index (χ1v) is 8.50. The van der Waals surface area contributed by atoms with Gasteiger partial charge in [0.05, 0.1) is 5.38 Å². The van der Waals surface area contributed by atoms with Crippen LogP contribution in [-0.4, -0.2) is 24.0 Å². The molecule has 1 unspecified atom stereocenters. The van der Waals surface area contributed by atoms with Crippen LogP contribution in [0.25, 0.3) is 10.9 Å². The molecule has 0 spiro atoms. The monoisotopic (exact) mass is 331 g/mol. The van der Waals surface area contributed by atoms with E-state index in [1.165, 1.54) is 16.6 Å². The number of halogens is 1. The Hall–Kier alpha value is -1.71. The summed E-state index contributed by atoms with van der Waals surface area (Å²) in [6.45, 7) is 7.07. The van der Waals surface area contributed by atoms with Gasteiger partial charge in [0, 0.05) is 28.0 Å². The molecule has 0 aliphatic rings. The summed E-state index contributed by atoms with van der Waals surface area (Å²) in [7, 11) is 1.98. The molecule has 2 rings (SSSR count). The maximum absolute atomic E-state index is 6.33. The molecule has 4 heteroatoms. The maximum Gasteiger partial charge on any atom is 0.0707 e. The Morgan fingerprint density at radius 2 is 2.17 bits per heavy atom. The van der Waals surface area contributed by atoms with Crippen molar-refractivity contribution in [2.75, 3.05) is 18.9 Å². The molecule has 1 aromatic carbocycles. The predicted octanol–water partition coefficient (Wildman–Crippen LogP) is 4.74. The highest BCUT2D eigenvalue weighted by molar-refractivity contribution is 6.22. The lowest BCUT2D eigenvalue weighted by Gasteiger charge is -2.15. The lowest BCUT2D eigenvalue weighted by atomic mass is 10.1. The largest absolute Gasteiger partial charge is 0.358 e. The summed E-state index contributed by atoms with van der Waals surface area (Å²) < 4.78 is 0. The average molecular weight is 332 g/mol. The smallest absolute Gasteiger partial charge is 0.0707 e. The van der Waals surface area contributed by atoms with E-state index < -0.39 is 0 Å². The van der Waals surface area contributed by atoms with Gasteiger partial charge >= 0.3 is 0 Å². The van der Waals surface area contributed by atoms with Gasteiger partial charge in [-0.1, -0.05) is 18.2 Å². The number of benzene rings is 1. The number of nitrogens with one attached hydrogen (secondary N) is 3. The minimum atomic E-state index is -0.0812. The van der Waals surface area contributed by atoms with Gasteiger partial charge in [0.2, 0.25) is 0 Å². The van der Waals surface area contributed by atoms with Gasteiger partial charge in [-0.05, 0) is 64.6 Å². The third-order valence-corrected chi connectivity index (χ3v) is 4.18. The van der Waals surface area contributed by atoms with Gasteiger partial charge in [-0.25, -0.2) is 0 Å². The zero-order valence-corrected chi connectivity index (χ0v) is 15.1. The van der Waals surface area contributed by atoms with Gasteiger partial charge in [-0.15, -0.1) is 11.6 Å². The number of hydrogen-bond acceptors (Lipinski definition) is 2. The molecule has 124 valence electrons. The topological polar surface area (TPSA) is 39.9 Å². The number of rotatable bonds is 7. The van der Waals surface area contributed by atoms with Crippen molar-refractivity contribution < 1.29 is 0 Å². The Labute approximate surface area is 143 Å². The van der Waals surface area contributed by atoms with E-state index in [1.54, 1.807) is 0 Å². The summed E-state index contributed by atoms with van der Waals surface area (Å²) in [6.07, 6.45) is 7.03. The zero-order chi connectivity index (χ0) is 16.8. The number of H-pyrrole nitrogens is 1. The predicted molar refractivity (Wildman–Crippen MR) is 103 cm³/mol. The first kappa shape index (κ1) is 17.6. The molecule has 0 aliphatic heterocycles. The van der Waals surface area contributed by atoms with Crippen molar-refractivity contribution in [3.05, 3.63) is 53.4 Å². The van der Waals surface area contributed by atoms with Gasteiger partial charge in [0.25, 0.3) is 0 Å². The lowest BCUT2D eigenvalue weighted by molar-refractivity contribution is 0.791. The molecule has 0 saturated heterocycles. The van der Waals surface area contributed by atoms with Crippen LogP contribution >= 0.6 is 11.6 Å². The fourth-order valence-corrected chi connectivity index (χ4v) is 2.87. The van der Waals surface area contributed by atoms with Crippen LogP contribution in [0.3, 0.4) is 0 Å². The molecule has 0 amide bonds. The van der Waals surface area contributed by atoms with Crippen LogP contribution in [0.4, 0.5) is 5.69 Å². The average Bonchev–Trinajstić information content (AvgIpc) is 2.85. The molecule has 0 bridgehead atoms. The van der Waals surface area contributed by atoms with Gasteiger partial charge in [-0.2, -0.15) is 0 Å². The Morgan fingerprint density at radius 1 is 1.39 bits per heavy atom. The molecule has 0 saturated carbocycles. The number of allylic oxidation sites excluding steroid dienone is 4. The Kier molecular flexibility index (Phi) is 6.31. The number of anilines is 1. The van der Waals surface area contributed by atoms with E-state index in [0.717, 1.165) is 29.9 Å². The van der Waals surface area contributed by atoms with Gasteiger partial charge in [0.1, 0.15) is 0 Å². The number of alkyl halides is 1. The maximum atomic E-state index is 6.33. The van der Waals surface area contributed by atoms with E-state index in [4.69, 9.17) is 11.6 Å². The summed E-state index contributed by atoms with van der Waals surface area (Å²) >= 11 is 6.33. The normalized spacial score (nSPS) is 13.9. The van der Waals surface area contributed by atoms with Crippen molar-refractivity contribution in [3.63, 3.8) is 0 Å². The van der Waals surface area contributed by atoms with Crippen LogP contribution in [0, 0.1) is 6.92 Å². The van der Waals surface area contributed by atoms with Crippen LogP contribution < -0.4 is 10.6 Å². The Bertz CT molecular complexity index is 711. The third-order valence-electron chi connectivity index (χ3n) is 3.94. The minimum absolute atomic E-state index is 0.0812. The van der Waals surface area contributed by atoms with E-state index >= 15 is 0 Å². The highest BCUT2D eigenvalue weighted by Crippen LogP contribution is 2.31. The van der Waals surface area contributed by atoms with Crippen molar-refractivity contribution in [2.24, 2.45) is 0 Å². The Morgan fingerprint density at radius 3 is 2.83 bits per heavy atom. The summed E-state index contributed by atoms with van der Waals surface area (Å²) in [5.41, 5.74) is 5.83. The molecule has 3 N–H and O–H groups in total. The van der Waals surface area contributed by atoms with Crippen molar-refractivity contribution >= 4 is 28.2 Å². The fourth-order valence-electron chi connectivity index (χ4n) is 2.74. The number of aromatic nitrogens is 1. The van der Waals surface area contributed by atoms with Crippen LogP contribution in [0.5, 0.6) is 0 Å². The van der Waals surface area contributed by atoms with Gasteiger partial charge < -0.3 is 15.6 Å². The van der Waals surface area contributed by atoms with Crippen molar-refractivity contribution in [1.29, 1.82) is 0 Å². The number of hydrogen-bond donors (Lipinski definition) is 3. The molecule has 0 aliphatic carbocycles. The zero-order valence-electron chi connectivity index (χ0n) is 14.3. The molecule has 3 nitrogen and oxygen atoms in total. The van der Waals surface area contributed by atoms with E-state index in [-0.39, 0.29) is 5.38 Å². The molecule has 1 aromatic heterocycles. The molecular weight excluding hydrogens is 306 g/mol. The van der Waals surface area contributed by atoms with Crippen LogP contribution in [-0.2, 0) is 6.42 Å². The fraction of sp³-hybridized carbons (Fsp3) is 0.368. The van der Waals surface area contributed by atoms with Gasteiger partial charge in [0.15, 0.2) is 0 Å². The summed E-state index contributed by atoms with van der Waals surface area (Å²) in [6, 6.07) is 6.30. The first-order chi connectivity index (χ1) is 11.1. The first-order valence-electron chi connectivity index (χ1n) is 8.07. The summed E-state index contributed by atoms with van der Waals surface area (Å²) in [5.74, 6) is 0. The molecule has 1 heterocycles. The van der Waals surface area contributed by atoms with E-state index in [2.05, 4.69) is 40.7 Å². The molecule has 23 heavy (non-hydrogen) atoms. The number of fused-ring (bicyclic) bond motifs is 1. The standard InChI is InChI=1S/C19H26ClN3/c1-5-6-8-16(13(2)20)23-18-10-7-9-17-19(18)15(11-12-21-4)14(3)22-17/h5-10,13,21-23H,11-12H2,1-4H3/b6-5-,16-8+. The van der Waals surface area contributed by atoms with Crippen molar-refractivity contribution in [2.45, 2.75) is 32.6 Å².